The van der Waals surface area contributed by atoms with E-state index in [1.165, 1.54) is 5.56 Å². The molecule has 1 aromatic carbocycles. The Hall–Kier alpha value is -1.06. The van der Waals surface area contributed by atoms with Crippen molar-refractivity contribution in [3.8, 4) is 0 Å². The molecule has 2 atom stereocenters. The lowest BCUT2D eigenvalue weighted by Crippen LogP contribution is -2.37. The Morgan fingerprint density at radius 2 is 2.22 bits per heavy atom. The average Bonchev–Trinajstić information content (AvgIpc) is 2.60. The molecule has 2 aliphatic rings. The van der Waals surface area contributed by atoms with Crippen LogP contribution < -0.4 is 11.1 Å². The van der Waals surface area contributed by atoms with E-state index in [1.54, 1.807) is 0 Å². The molecule has 0 spiro atoms. The molecule has 1 heterocycles. The normalized spacial score (nSPS) is 27.9. The first-order valence-corrected chi connectivity index (χ1v) is 6.66. The molecule has 1 aromatic rings. The molecule has 0 bridgehead atoms. The minimum Gasteiger partial charge on any atom is -0.330 e. The van der Waals surface area contributed by atoms with E-state index in [4.69, 9.17) is 17.3 Å². The van der Waals surface area contributed by atoms with Gasteiger partial charge in [-0.1, -0.05) is 25.4 Å². The standard InChI is InChI=1S/C14H17ClN2O/c1-14(2)5-7(6-16)11-12-9(14)3-8(15)4-10(12)17-13(11)18/h3-4,7,11H,5-6,16H2,1-2H3,(H,17,18). The van der Waals surface area contributed by atoms with Crippen molar-refractivity contribution in [1.29, 1.82) is 0 Å². The number of carbonyl (C=O) groups excluding carboxylic acids is 1. The summed E-state index contributed by atoms with van der Waals surface area (Å²) in [4.78, 5) is 12.1. The first kappa shape index (κ1) is 12.0. The maximum Gasteiger partial charge on any atom is 0.232 e. The van der Waals surface area contributed by atoms with Gasteiger partial charge >= 0.3 is 0 Å². The number of rotatable bonds is 1. The van der Waals surface area contributed by atoms with Crippen LogP contribution in [-0.4, -0.2) is 12.5 Å². The van der Waals surface area contributed by atoms with Crippen LogP contribution >= 0.6 is 11.6 Å². The van der Waals surface area contributed by atoms with Gasteiger partial charge in [0.2, 0.25) is 5.91 Å². The molecule has 96 valence electrons. The molecule has 4 heteroatoms. The molecular weight excluding hydrogens is 248 g/mol. The van der Waals surface area contributed by atoms with Crippen molar-refractivity contribution >= 4 is 23.2 Å². The number of hydrogen-bond acceptors (Lipinski definition) is 2. The highest BCUT2D eigenvalue weighted by Gasteiger charge is 2.46. The molecule has 0 radical (unpaired) electrons. The number of nitrogens with one attached hydrogen (secondary N) is 1. The molecule has 1 amide bonds. The summed E-state index contributed by atoms with van der Waals surface area (Å²) in [6.45, 7) is 4.93. The maximum absolute atomic E-state index is 12.1. The van der Waals surface area contributed by atoms with Gasteiger partial charge in [-0.15, -0.1) is 0 Å². The maximum atomic E-state index is 12.1. The molecule has 0 fully saturated rings. The Balaban J connectivity index is 2.27. The van der Waals surface area contributed by atoms with Crippen molar-refractivity contribution in [2.75, 3.05) is 11.9 Å². The van der Waals surface area contributed by atoms with Crippen molar-refractivity contribution in [3.05, 3.63) is 28.3 Å². The van der Waals surface area contributed by atoms with Crippen LogP contribution in [0, 0.1) is 5.92 Å². The van der Waals surface area contributed by atoms with Crippen LogP contribution in [0.3, 0.4) is 0 Å². The molecule has 0 saturated carbocycles. The zero-order valence-corrected chi connectivity index (χ0v) is 11.3. The van der Waals surface area contributed by atoms with Gasteiger partial charge < -0.3 is 11.1 Å². The Labute approximate surface area is 112 Å². The van der Waals surface area contributed by atoms with Crippen molar-refractivity contribution in [3.63, 3.8) is 0 Å². The largest absolute Gasteiger partial charge is 0.330 e. The van der Waals surface area contributed by atoms with Gasteiger partial charge in [0.05, 0.1) is 5.92 Å². The third-order valence-electron chi connectivity index (χ3n) is 4.27. The summed E-state index contributed by atoms with van der Waals surface area (Å²) in [7, 11) is 0. The predicted octanol–water partition coefficient (Wildman–Crippen LogP) is 2.63. The Morgan fingerprint density at radius 3 is 2.89 bits per heavy atom. The number of benzene rings is 1. The Kier molecular flexibility index (Phi) is 2.48. The fourth-order valence-electron chi connectivity index (χ4n) is 3.51. The van der Waals surface area contributed by atoms with Gasteiger partial charge in [-0.3, -0.25) is 4.79 Å². The topological polar surface area (TPSA) is 55.1 Å². The molecule has 3 N–H and O–H groups in total. The first-order chi connectivity index (χ1) is 8.44. The van der Waals surface area contributed by atoms with Crippen LogP contribution in [-0.2, 0) is 10.2 Å². The van der Waals surface area contributed by atoms with Gasteiger partial charge in [0, 0.05) is 10.7 Å². The SMILES string of the molecule is CC1(C)CC(CN)C2C(=O)Nc3cc(Cl)cc1c32. The van der Waals surface area contributed by atoms with Gasteiger partial charge in [0.25, 0.3) is 0 Å². The van der Waals surface area contributed by atoms with E-state index in [9.17, 15) is 4.79 Å². The Bertz CT molecular complexity index is 539. The van der Waals surface area contributed by atoms with E-state index in [2.05, 4.69) is 19.2 Å². The van der Waals surface area contributed by atoms with Gasteiger partial charge in [-0.2, -0.15) is 0 Å². The van der Waals surface area contributed by atoms with E-state index in [-0.39, 0.29) is 23.2 Å². The summed E-state index contributed by atoms with van der Waals surface area (Å²) in [6, 6.07) is 3.84. The number of hydrogen-bond donors (Lipinski definition) is 2. The first-order valence-electron chi connectivity index (χ1n) is 6.29. The van der Waals surface area contributed by atoms with Gasteiger partial charge in [0.1, 0.15) is 0 Å². The second-order valence-corrected chi connectivity index (χ2v) is 6.40. The monoisotopic (exact) mass is 264 g/mol. The van der Waals surface area contributed by atoms with Crippen LogP contribution in [0.4, 0.5) is 5.69 Å². The Morgan fingerprint density at radius 1 is 1.50 bits per heavy atom. The van der Waals surface area contributed by atoms with E-state index in [0.29, 0.717) is 11.6 Å². The number of anilines is 1. The molecule has 1 aliphatic carbocycles. The molecule has 18 heavy (non-hydrogen) atoms. The number of amides is 1. The van der Waals surface area contributed by atoms with Crippen LogP contribution in [0.2, 0.25) is 5.02 Å². The lowest BCUT2D eigenvalue weighted by Gasteiger charge is -2.39. The van der Waals surface area contributed by atoms with E-state index < -0.39 is 0 Å². The minimum atomic E-state index is -0.0923. The highest BCUT2D eigenvalue weighted by Crippen LogP contribution is 2.52. The van der Waals surface area contributed by atoms with Crippen LogP contribution in [0.25, 0.3) is 0 Å². The van der Waals surface area contributed by atoms with Crippen molar-refractivity contribution in [1.82, 2.24) is 0 Å². The second kappa shape index (κ2) is 3.72. The highest BCUT2D eigenvalue weighted by molar-refractivity contribution is 6.31. The molecule has 3 nitrogen and oxygen atoms in total. The van der Waals surface area contributed by atoms with E-state index in [0.717, 1.165) is 17.7 Å². The van der Waals surface area contributed by atoms with Crippen LogP contribution in [0.5, 0.6) is 0 Å². The third-order valence-corrected chi connectivity index (χ3v) is 4.49. The second-order valence-electron chi connectivity index (χ2n) is 5.97. The zero-order chi connectivity index (χ0) is 13.1. The summed E-state index contributed by atoms with van der Waals surface area (Å²) in [5.41, 5.74) is 9.06. The third kappa shape index (κ3) is 1.50. The van der Waals surface area contributed by atoms with Gasteiger partial charge in [0.15, 0.2) is 0 Å². The molecule has 3 rings (SSSR count). The summed E-state index contributed by atoms with van der Waals surface area (Å²) in [5.74, 6) is 0.194. The van der Waals surface area contributed by atoms with Crippen molar-refractivity contribution < 1.29 is 4.79 Å². The predicted molar refractivity (Wildman–Crippen MR) is 73.0 cm³/mol. The summed E-state index contributed by atoms with van der Waals surface area (Å²) in [5, 5.41) is 3.63. The summed E-state index contributed by atoms with van der Waals surface area (Å²) < 4.78 is 0. The fraction of sp³-hybridized carbons (Fsp3) is 0.500. The number of nitrogens with two attached hydrogens (primary N) is 1. The molecule has 1 aliphatic heterocycles. The van der Waals surface area contributed by atoms with Crippen LogP contribution in [0.1, 0.15) is 37.3 Å². The van der Waals surface area contributed by atoms with Gasteiger partial charge in [-0.25, -0.2) is 0 Å². The smallest absolute Gasteiger partial charge is 0.232 e. The van der Waals surface area contributed by atoms with Crippen molar-refractivity contribution in [2.24, 2.45) is 11.7 Å². The van der Waals surface area contributed by atoms with Crippen molar-refractivity contribution in [2.45, 2.75) is 31.6 Å². The fourth-order valence-corrected chi connectivity index (χ4v) is 3.73. The highest BCUT2D eigenvalue weighted by atomic mass is 35.5. The lowest BCUT2D eigenvalue weighted by atomic mass is 9.64. The minimum absolute atomic E-state index is 0.0157. The zero-order valence-electron chi connectivity index (χ0n) is 10.6. The van der Waals surface area contributed by atoms with Gasteiger partial charge in [-0.05, 0) is 47.6 Å². The molecular formula is C14H17ClN2O. The quantitative estimate of drug-likeness (QED) is 0.819. The van der Waals surface area contributed by atoms with E-state index in [1.807, 2.05) is 12.1 Å². The molecule has 0 aromatic heterocycles. The average molecular weight is 265 g/mol. The number of halogens is 1. The van der Waals surface area contributed by atoms with E-state index >= 15 is 0 Å². The number of carbonyl (C=O) groups is 1. The summed E-state index contributed by atoms with van der Waals surface area (Å²) in [6.07, 6.45) is 0.925. The summed E-state index contributed by atoms with van der Waals surface area (Å²) >= 11 is 6.15. The van der Waals surface area contributed by atoms with Crippen LogP contribution in [0.15, 0.2) is 12.1 Å². The lowest BCUT2D eigenvalue weighted by molar-refractivity contribution is -0.118. The molecule has 0 saturated heterocycles. The molecule has 2 unspecified atom stereocenters.